The average molecular weight is 203 g/mol. The summed E-state index contributed by atoms with van der Waals surface area (Å²) >= 11 is 0. The molecule has 0 saturated heterocycles. The van der Waals surface area contributed by atoms with E-state index in [1.54, 1.807) is 13.8 Å². The van der Waals surface area contributed by atoms with Crippen LogP contribution in [0.3, 0.4) is 0 Å². The highest BCUT2D eigenvalue weighted by Gasteiger charge is 2.37. The van der Waals surface area contributed by atoms with Gasteiger partial charge in [0.25, 0.3) is 0 Å². The predicted molar refractivity (Wildman–Crippen MR) is 55.2 cm³/mol. The third-order valence-electron chi connectivity index (χ3n) is 2.23. The van der Waals surface area contributed by atoms with Gasteiger partial charge < -0.3 is 5.32 Å². The zero-order valence-corrected chi connectivity index (χ0v) is 9.40. The van der Waals surface area contributed by atoms with Gasteiger partial charge >= 0.3 is 0 Å². The van der Waals surface area contributed by atoms with Crippen LogP contribution in [0.5, 0.6) is 0 Å². The maximum atomic E-state index is 11.4. The Hall–Kier alpha value is -0.530. The minimum absolute atomic E-state index is 0.438. The van der Waals surface area contributed by atoms with Crippen molar-refractivity contribution in [2.75, 3.05) is 12.8 Å². The second kappa shape index (κ2) is 4.12. The van der Waals surface area contributed by atoms with Crippen LogP contribution in [0.4, 0.5) is 0 Å². The minimum atomic E-state index is -3.14. The van der Waals surface area contributed by atoms with E-state index in [4.69, 9.17) is 6.42 Å². The van der Waals surface area contributed by atoms with Gasteiger partial charge in [-0.05, 0) is 20.4 Å². The molecule has 0 fully saturated rings. The number of nitrogens with one attached hydrogen (secondary N) is 1. The molecule has 1 N–H and O–H groups in total. The molecule has 0 amide bonds. The third kappa shape index (κ3) is 2.71. The van der Waals surface area contributed by atoms with Gasteiger partial charge in [-0.15, -0.1) is 6.42 Å². The van der Waals surface area contributed by atoms with Gasteiger partial charge in [0.1, 0.15) is 0 Å². The number of rotatable bonds is 4. The van der Waals surface area contributed by atoms with Gasteiger partial charge in [-0.3, -0.25) is 0 Å². The van der Waals surface area contributed by atoms with Crippen molar-refractivity contribution in [3.8, 4) is 12.3 Å². The number of hydrogen-bond donors (Lipinski definition) is 1. The monoisotopic (exact) mass is 203 g/mol. The minimum Gasteiger partial charge on any atom is -0.303 e. The summed E-state index contributed by atoms with van der Waals surface area (Å²) in [6.45, 7) is 5.82. The first-order chi connectivity index (χ1) is 5.77. The molecule has 0 aromatic rings. The fraction of sp³-hybridized carbons (Fsp3) is 0.778. The summed E-state index contributed by atoms with van der Waals surface area (Å²) in [5.74, 6) is 2.46. The van der Waals surface area contributed by atoms with Crippen LogP contribution in [-0.2, 0) is 9.84 Å². The molecule has 76 valence electrons. The Morgan fingerprint density at radius 2 is 2.00 bits per heavy atom. The lowest BCUT2D eigenvalue weighted by Gasteiger charge is -2.29. The van der Waals surface area contributed by atoms with E-state index < -0.39 is 20.6 Å². The molecule has 0 bridgehead atoms. The Kier molecular flexibility index (Phi) is 3.95. The Morgan fingerprint density at radius 3 is 2.23 bits per heavy atom. The maximum absolute atomic E-state index is 11.4. The van der Waals surface area contributed by atoms with Gasteiger partial charge in [0.15, 0.2) is 9.84 Å². The second-order valence-electron chi connectivity index (χ2n) is 3.53. The summed E-state index contributed by atoms with van der Waals surface area (Å²) in [7, 11) is -3.14. The maximum Gasteiger partial charge on any atom is 0.155 e. The van der Waals surface area contributed by atoms with E-state index in [2.05, 4.69) is 11.2 Å². The van der Waals surface area contributed by atoms with Gasteiger partial charge in [-0.25, -0.2) is 8.42 Å². The van der Waals surface area contributed by atoms with Crippen LogP contribution in [-0.4, -0.2) is 32.0 Å². The first-order valence-corrected chi connectivity index (χ1v) is 6.05. The quantitative estimate of drug-likeness (QED) is 0.674. The lowest BCUT2D eigenvalue weighted by atomic mass is 10.0. The summed E-state index contributed by atoms with van der Waals surface area (Å²) < 4.78 is 21.9. The Labute approximate surface area is 80.8 Å². The van der Waals surface area contributed by atoms with E-state index in [9.17, 15) is 8.42 Å². The van der Waals surface area contributed by atoms with Crippen molar-refractivity contribution < 1.29 is 8.42 Å². The van der Waals surface area contributed by atoms with Crippen molar-refractivity contribution in [3.05, 3.63) is 0 Å². The number of sulfone groups is 1. The summed E-state index contributed by atoms with van der Waals surface area (Å²) in [6.07, 6.45) is 6.47. The van der Waals surface area contributed by atoms with E-state index in [0.717, 1.165) is 0 Å². The van der Waals surface area contributed by atoms with Crippen LogP contribution in [0.15, 0.2) is 0 Å². The highest BCUT2D eigenvalue weighted by Crippen LogP contribution is 2.19. The molecule has 1 atom stereocenters. The average Bonchev–Trinajstić information content (AvgIpc) is 1.97. The molecule has 0 aromatic carbocycles. The molecule has 0 radical (unpaired) electrons. The van der Waals surface area contributed by atoms with Crippen LogP contribution >= 0.6 is 0 Å². The Morgan fingerprint density at radius 1 is 1.54 bits per heavy atom. The largest absolute Gasteiger partial charge is 0.303 e. The third-order valence-corrected chi connectivity index (χ3v) is 4.37. The Bertz CT molecular complexity index is 298. The van der Waals surface area contributed by atoms with Crippen LogP contribution in [0.1, 0.15) is 20.8 Å². The lowest BCUT2D eigenvalue weighted by molar-refractivity contribution is 0.481. The smallest absolute Gasteiger partial charge is 0.155 e. The van der Waals surface area contributed by atoms with Crippen LogP contribution in [0.25, 0.3) is 0 Å². The highest BCUT2D eigenvalue weighted by molar-refractivity contribution is 7.92. The molecule has 0 saturated carbocycles. The molecule has 0 aliphatic carbocycles. The molecular formula is C9H17NO2S. The standard InChI is InChI=1S/C9H17NO2S/c1-6-8(10-7-2)9(3,4)13(5,11)12/h1,8,10H,7H2,2-5H3. The van der Waals surface area contributed by atoms with E-state index in [0.29, 0.717) is 6.54 Å². The summed E-state index contributed by atoms with van der Waals surface area (Å²) in [4.78, 5) is 0. The molecule has 4 heteroatoms. The van der Waals surface area contributed by atoms with Gasteiger partial charge in [0, 0.05) is 6.26 Å². The molecule has 0 aromatic heterocycles. The SMILES string of the molecule is C#CC(NCC)C(C)(C)S(C)(=O)=O. The van der Waals surface area contributed by atoms with Gasteiger partial charge in [0.05, 0.1) is 10.8 Å². The topological polar surface area (TPSA) is 46.2 Å². The van der Waals surface area contributed by atoms with Crippen molar-refractivity contribution >= 4 is 9.84 Å². The van der Waals surface area contributed by atoms with E-state index in [-0.39, 0.29) is 0 Å². The molecule has 0 aliphatic rings. The Balaban J connectivity index is 4.92. The molecule has 0 aliphatic heterocycles. The first kappa shape index (κ1) is 12.5. The van der Waals surface area contributed by atoms with Gasteiger partial charge in [0.2, 0.25) is 0 Å². The lowest BCUT2D eigenvalue weighted by Crippen LogP contribution is -2.50. The summed E-state index contributed by atoms with van der Waals surface area (Å²) in [5, 5.41) is 2.96. The number of hydrogen-bond acceptors (Lipinski definition) is 3. The van der Waals surface area contributed by atoms with Crippen molar-refractivity contribution in [1.29, 1.82) is 0 Å². The van der Waals surface area contributed by atoms with Gasteiger partial charge in [-0.1, -0.05) is 12.8 Å². The first-order valence-electron chi connectivity index (χ1n) is 4.16. The predicted octanol–water partition coefficient (Wildman–Crippen LogP) is 0.421. The van der Waals surface area contributed by atoms with Crippen molar-refractivity contribution in [3.63, 3.8) is 0 Å². The molecule has 13 heavy (non-hydrogen) atoms. The second-order valence-corrected chi connectivity index (χ2v) is 6.13. The molecule has 3 nitrogen and oxygen atoms in total. The fourth-order valence-electron chi connectivity index (χ4n) is 0.924. The number of terminal acetylenes is 1. The van der Waals surface area contributed by atoms with Crippen molar-refractivity contribution in [2.24, 2.45) is 0 Å². The van der Waals surface area contributed by atoms with Crippen molar-refractivity contribution in [1.82, 2.24) is 5.32 Å². The van der Waals surface area contributed by atoms with E-state index in [1.807, 2.05) is 6.92 Å². The molecule has 0 rings (SSSR count). The molecule has 1 unspecified atom stereocenters. The normalized spacial score (nSPS) is 15.0. The fourth-order valence-corrected chi connectivity index (χ4v) is 1.50. The molecule has 0 spiro atoms. The highest BCUT2D eigenvalue weighted by atomic mass is 32.2. The summed E-state index contributed by atoms with van der Waals surface area (Å²) in [5.41, 5.74) is 0. The van der Waals surface area contributed by atoms with Gasteiger partial charge in [-0.2, -0.15) is 0 Å². The molecular weight excluding hydrogens is 186 g/mol. The van der Waals surface area contributed by atoms with Crippen molar-refractivity contribution in [2.45, 2.75) is 31.6 Å². The zero-order chi connectivity index (χ0) is 10.7. The summed E-state index contributed by atoms with van der Waals surface area (Å²) in [6, 6.07) is -0.438. The van der Waals surface area contributed by atoms with Crippen LogP contribution in [0, 0.1) is 12.3 Å². The zero-order valence-electron chi connectivity index (χ0n) is 8.59. The van der Waals surface area contributed by atoms with Crippen LogP contribution in [0.2, 0.25) is 0 Å². The van der Waals surface area contributed by atoms with Crippen LogP contribution < -0.4 is 5.32 Å². The van der Waals surface area contributed by atoms with E-state index >= 15 is 0 Å². The van der Waals surface area contributed by atoms with E-state index in [1.165, 1.54) is 6.26 Å². The molecule has 0 heterocycles.